The van der Waals surface area contributed by atoms with Gasteiger partial charge in [-0.2, -0.15) is 10.5 Å². The lowest BCUT2D eigenvalue weighted by atomic mass is 9.98. The molecule has 3 heteroatoms. The number of nitriles is 2. The normalized spacial score (nSPS) is 13.2. The molecule has 0 atom stereocenters. The number of benzene rings is 1. The first-order valence-electron chi connectivity index (χ1n) is 5.17. The summed E-state index contributed by atoms with van der Waals surface area (Å²) >= 11 is 1.67. The van der Waals surface area contributed by atoms with Crippen molar-refractivity contribution in [2.45, 2.75) is 18.7 Å². The van der Waals surface area contributed by atoms with Crippen LogP contribution in [0.15, 0.2) is 39.6 Å². The first-order valence-corrected chi connectivity index (χ1v) is 5.99. The molecule has 0 N–H and O–H groups in total. The van der Waals surface area contributed by atoms with Crippen molar-refractivity contribution >= 4 is 17.3 Å². The summed E-state index contributed by atoms with van der Waals surface area (Å²) in [6.07, 6.45) is 1.91. The Morgan fingerprint density at radius 2 is 1.88 bits per heavy atom. The Hall–Kier alpha value is -1.97. The Morgan fingerprint density at radius 1 is 1.18 bits per heavy atom. The summed E-state index contributed by atoms with van der Waals surface area (Å²) in [7, 11) is 0. The molecular weight excluding hydrogens is 228 g/mol. The third-order valence-electron chi connectivity index (χ3n) is 2.54. The molecule has 1 aliphatic rings. The Labute approximate surface area is 105 Å². The zero-order valence-corrected chi connectivity index (χ0v) is 10.4. The molecule has 0 amide bonds. The molecule has 0 aromatic heterocycles. The summed E-state index contributed by atoms with van der Waals surface area (Å²) in [4.78, 5) is 2.20. The predicted molar refractivity (Wildman–Crippen MR) is 68.9 cm³/mol. The average molecular weight is 238 g/mol. The molecule has 0 saturated carbocycles. The van der Waals surface area contributed by atoms with Crippen LogP contribution in [0.5, 0.6) is 0 Å². The van der Waals surface area contributed by atoms with Crippen LogP contribution in [0.1, 0.15) is 18.1 Å². The number of allylic oxidation sites excluding steroid dienone is 4. The van der Waals surface area contributed by atoms with Crippen LogP contribution in [-0.4, -0.2) is 0 Å². The monoisotopic (exact) mass is 238 g/mol. The van der Waals surface area contributed by atoms with Gasteiger partial charge in [0.1, 0.15) is 17.7 Å². The van der Waals surface area contributed by atoms with Gasteiger partial charge in [-0.25, -0.2) is 0 Å². The van der Waals surface area contributed by atoms with Gasteiger partial charge in [-0.05, 0) is 36.5 Å². The molecule has 0 bridgehead atoms. The second-order valence-electron chi connectivity index (χ2n) is 3.87. The second-order valence-corrected chi connectivity index (χ2v) is 5.16. The lowest BCUT2D eigenvalue weighted by Crippen LogP contribution is -1.96. The van der Waals surface area contributed by atoms with Crippen LogP contribution < -0.4 is 0 Å². The van der Waals surface area contributed by atoms with Crippen LogP contribution in [0.25, 0.3) is 5.57 Å². The van der Waals surface area contributed by atoms with Gasteiger partial charge in [0.25, 0.3) is 0 Å². The molecule has 1 aliphatic heterocycles. The van der Waals surface area contributed by atoms with Crippen molar-refractivity contribution in [3.05, 3.63) is 45.9 Å². The maximum Gasteiger partial charge on any atom is 0.137 e. The summed E-state index contributed by atoms with van der Waals surface area (Å²) in [5, 5.41) is 18.0. The highest BCUT2D eigenvalue weighted by molar-refractivity contribution is 8.03. The van der Waals surface area contributed by atoms with Crippen LogP contribution in [0.3, 0.4) is 0 Å². The predicted octanol–water partition coefficient (Wildman–Crippen LogP) is 3.81. The third kappa shape index (κ3) is 2.11. The molecule has 0 spiro atoms. The summed E-state index contributed by atoms with van der Waals surface area (Å²) in [6.45, 7) is 3.99. The zero-order chi connectivity index (χ0) is 12.4. The van der Waals surface area contributed by atoms with Gasteiger partial charge in [0.15, 0.2) is 0 Å². The van der Waals surface area contributed by atoms with Gasteiger partial charge >= 0.3 is 0 Å². The molecule has 0 aliphatic carbocycles. The molecule has 1 heterocycles. The van der Waals surface area contributed by atoms with E-state index in [4.69, 9.17) is 10.5 Å². The van der Waals surface area contributed by atoms with Crippen molar-refractivity contribution in [2.24, 2.45) is 0 Å². The number of thioether (sulfide) groups is 1. The Kier molecular flexibility index (Phi) is 3.04. The number of hydrogen-bond acceptors (Lipinski definition) is 3. The second kappa shape index (κ2) is 4.49. The molecule has 82 valence electrons. The summed E-state index contributed by atoms with van der Waals surface area (Å²) in [6, 6.07) is 10.0. The number of rotatable bonds is 0. The number of hydrogen-bond donors (Lipinski definition) is 0. The van der Waals surface area contributed by atoms with Crippen LogP contribution in [0.4, 0.5) is 0 Å². The van der Waals surface area contributed by atoms with Gasteiger partial charge in [0.2, 0.25) is 0 Å². The topological polar surface area (TPSA) is 47.6 Å². The van der Waals surface area contributed by atoms with Gasteiger partial charge in [0.05, 0.1) is 0 Å². The fourth-order valence-electron chi connectivity index (χ4n) is 1.78. The quantitative estimate of drug-likeness (QED) is 0.646. The van der Waals surface area contributed by atoms with Gasteiger partial charge < -0.3 is 0 Å². The van der Waals surface area contributed by atoms with E-state index in [0.717, 1.165) is 26.5 Å². The Balaban J connectivity index is 2.75. The highest BCUT2D eigenvalue weighted by atomic mass is 32.2. The molecule has 0 radical (unpaired) electrons. The van der Waals surface area contributed by atoms with Crippen LogP contribution >= 0.6 is 11.8 Å². The lowest BCUT2D eigenvalue weighted by Gasteiger charge is -2.17. The van der Waals surface area contributed by atoms with Gasteiger partial charge in [0, 0.05) is 10.5 Å². The van der Waals surface area contributed by atoms with Crippen molar-refractivity contribution < 1.29 is 0 Å². The maximum absolute atomic E-state index is 8.99. The molecule has 0 fully saturated rings. The largest absolute Gasteiger partial charge is 0.192 e. The molecule has 0 saturated heterocycles. The SMILES string of the molecule is CC1=CC(=C(C#N)C#N)c2cc(C)ccc2S1. The van der Waals surface area contributed by atoms with E-state index in [9.17, 15) is 0 Å². The number of fused-ring (bicyclic) bond motifs is 1. The zero-order valence-electron chi connectivity index (χ0n) is 9.61. The van der Waals surface area contributed by atoms with E-state index < -0.39 is 0 Å². The van der Waals surface area contributed by atoms with Crippen LogP contribution in [0.2, 0.25) is 0 Å². The minimum atomic E-state index is 0.177. The van der Waals surface area contributed by atoms with Crippen LogP contribution in [0, 0.1) is 29.6 Å². The van der Waals surface area contributed by atoms with Gasteiger partial charge in [-0.15, -0.1) is 0 Å². The van der Waals surface area contributed by atoms with E-state index in [1.807, 2.05) is 50.3 Å². The molecule has 17 heavy (non-hydrogen) atoms. The molecular formula is C14H10N2S. The smallest absolute Gasteiger partial charge is 0.137 e. The standard InChI is InChI=1S/C14H10N2S/c1-9-3-4-14-13(5-9)12(6-10(2)17-14)11(7-15)8-16/h3-6H,1-2H3. The molecule has 1 aromatic carbocycles. The fraction of sp³-hybridized carbons (Fsp3) is 0.143. The van der Waals surface area contributed by atoms with Crippen molar-refractivity contribution in [1.29, 1.82) is 10.5 Å². The lowest BCUT2D eigenvalue weighted by molar-refractivity contribution is 1.32. The van der Waals surface area contributed by atoms with Gasteiger partial charge in [-0.1, -0.05) is 29.5 Å². The number of aryl methyl sites for hydroxylation is 1. The summed E-state index contributed by atoms with van der Waals surface area (Å²) in [5.41, 5.74) is 3.03. The molecule has 1 aromatic rings. The van der Waals surface area contributed by atoms with E-state index in [2.05, 4.69) is 0 Å². The van der Waals surface area contributed by atoms with Gasteiger partial charge in [-0.3, -0.25) is 0 Å². The van der Waals surface area contributed by atoms with E-state index in [1.54, 1.807) is 11.8 Å². The third-order valence-corrected chi connectivity index (χ3v) is 3.55. The molecule has 2 rings (SSSR count). The minimum absolute atomic E-state index is 0.177. The Bertz CT molecular complexity index is 609. The van der Waals surface area contributed by atoms with Crippen molar-refractivity contribution in [1.82, 2.24) is 0 Å². The molecule has 2 nitrogen and oxygen atoms in total. The highest BCUT2D eigenvalue weighted by Crippen LogP contribution is 2.41. The summed E-state index contributed by atoms with van der Waals surface area (Å²) in [5.74, 6) is 0. The van der Waals surface area contributed by atoms with E-state index in [0.29, 0.717) is 0 Å². The van der Waals surface area contributed by atoms with Crippen molar-refractivity contribution in [2.75, 3.05) is 0 Å². The van der Waals surface area contributed by atoms with Crippen LogP contribution in [-0.2, 0) is 0 Å². The van der Waals surface area contributed by atoms with Crippen molar-refractivity contribution in [3.8, 4) is 12.1 Å². The Morgan fingerprint density at radius 3 is 2.53 bits per heavy atom. The minimum Gasteiger partial charge on any atom is -0.192 e. The summed E-state index contributed by atoms with van der Waals surface area (Å²) < 4.78 is 0. The van der Waals surface area contributed by atoms with E-state index >= 15 is 0 Å². The highest BCUT2D eigenvalue weighted by Gasteiger charge is 2.17. The average Bonchev–Trinajstić information content (AvgIpc) is 2.31. The maximum atomic E-state index is 8.99. The van der Waals surface area contributed by atoms with E-state index in [-0.39, 0.29) is 5.57 Å². The van der Waals surface area contributed by atoms with Crippen molar-refractivity contribution in [3.63, 3.8) is 0 Å². The van der Waals surface area contributed by atoms with E-state index in [1.165, 1.54) is 0 Å². The first-order chi connectivity index (χ1) is 8.15. The first kappa shape index (κ1) is 11.5. The molecule has 0 unspecified atom stereocenters. The number of nitrogens with zero attached hydrogens (tertiary/aromatic N) is 2. The fourth-order valence-corrected chi connectivity index (χ4v) is 2.72.